The van der Waals surface area contributed by atoms with Crippen molar-refractivity contribution in [3.8, 4) is 0 Å². The fourth-order valence-electron chi connectivity index (χ4n) is 2.06. The van der Waals surface area contributed by atoms with E-state index in [0.29, 0.717) is 23.2 Å². The first-order valence-corrected chi connectivity index (χ1v) is 7.71. The highest BCUT2D eigenvalue weighted by Gasteiger charge is 2.06. The monoisotopic (exact) mass is 342 g/mol. The molecule has 2 aromatic heterocycles. The molecule has 122 valence electrons. The highest BCUT2D eigenvalue weighted by molar-refractivity contribution is 6.30. The number of nitrogens with one attached hydrogen (secondary N) is 2. The maximum atomic E-state index is 12.0. The second kappa shape index (κ2) is 7.61. The summed E-state index contributed by atoms with van der Waals surface area (Å²) in [7, 11) is 0. The summed E-state index contributed by atoms with van der Waals surface area (Å²) in [5, 5.41) is 14.4. The number of carbonyl (C=O) groups excluding carboxylic acids is 1. The number of nitrogens with zero attached hydrogens (tertiary/aromatic N) is 2. The molecule has 0 radical (unpaired) electrons. The number of hydrogen-bond acceptors (Lipinski definition) is 5. The molecule has 7 heteroatoms. The number of aromatic nitrogens is 2. The number of benzene rings is 1. The molecule has 1 amide bonds. The summed E-state index contributed by atoms with van der Waals surface area (Å²) in [6, 6.07) is 14.3. The first-order valence-electron chi connectivity index (χ1n) is 7.33. The Morgan fingerprint density at radius 2 is 1.79 bits per heavy atom. The van der Waals surface area contributed by atoms with Crippen molar-refractivity contribution in [2.75, 3.05) is 10.6 Å². The summed E-state index contributed by atoms with van der Waals surface area (Å²) in [6.07, 6.45) is 1.86. The van der Waals surface area contributed by atoms with Gasteiger partial charge in [0.1, 0.15) is 11.6 Å². The smallest absolute Gasteiger partial charge is 0.229 e. The van der Waals surface area contributed by atoms with Crippen LogP contribution in [0, 0.1) is 0 Å². The van der Waals surface area contributed by atoms with E-state index < -0.39 is 0 Å². The Morgan fingerprint density at radius 1 is 1.04 bits per heavy atom. The van der Waals surface area contributed by atoms with E-state index >= 15 is 0 Å². The lowest BCUT2D eigenvalue weighted by Gasteiger charge is -2.06. The van der Waals surface area contributed by atoms with Gasteiger partial charge in [-0.1, -0.05) is 23.7 Å². The molecule has 2 heterocycles. The number of carbonyl (C=O) groups is 1. The van der Waals surface area contributed by atoms with Gasteiger partial charge >= 0.3 is 0 Å². The van der Waals surface area contributed by atoms with Gasteiger partial charge in [0.15, 0.2) is 5.82 Å². The third-order valence-corrected chi connectivity index (χ3v) is 3.49. The molecule has 0 aliphatic carbocycles. The molecule has 3 aromatic rings. The van der Waals surface area contributed by atoms with Crippen LogP contribution in [0.4, 0.5) is 11.6 Å². The van der Waals surface area contributed by atoms with E-state index in [1.165, 1.54) is 0 Å². The molecule has 2 N–H and O–H groups in total. The first-order chi connectivity index (χ1) is 11.7. The van der Waals surface area contributed by atoms with Crippen molar-refractivity contribution in [2.45, 2.75) is 13.0 Å². The van der Waals surface area contributed by atoms with Crippen LogP contribution in [0.5, 0.6) is 0 Å². The molecule has 0 atom stereocenters. The van der Waals surface area contributed by atoms with Gasteiger partial charge in [0, 0.05) is 5.02 Å². The molecular formula is C17H15ClN4O2. The molecule has 0 fully saturated rings. The fourth-order valence-corrected chi connectivity index (χ4v) is 2.18. The Bertz CT molecular complexity index is 786. The van der Waals surface area contributed by atoms with Crippen LogP contribution in [0.1, 0.15) is 11.3 Å². The summed E-state index contributed by atoms with van der Waals surface area (Å²) in [4.78, 5) is 12.0. The predicted molar refractivity (Wildman–Crippen MR) is 91.9 cm³/mol. The Balaban J connectivity index is 1.51. The summed E-state index contributed by atoms with van der Waals surface area (Å²) in [6.45, 7) is 0.518. The molecule has 0 unspecified atom stereocenters. The highest BCUT2D eigenvalue weighted by atomic mass is 35.5. The zero-order valence-electron chi connectivity index (χ0n) is 12.7. The van der Waals surface area contributed by atoms with Gasteiger partial charge in [-0.15, -0.1) is 10.2 Å². The number of amides is 1. The molecule has 0 aliphatic rings. The van der Waals surface area contributed by atoms with Crippen LogP contribution < -0.4 is 10.6 Å². The van der Waals surface area contributed by atoms with Crippen LogP contribution in [0.3, 0.4) is 0 Å². The SMILES string of the molecule is O=C(Cc1ccc(Cl)cc1)Nc1ccc(NCc2ccco2)nn1. The molecule has 0 saturated heterocycles. The minimum absolute atomic E-state index is 0.164. The van der Waals surface area contributed by atoms with Crippen LogP contribution in [-0.4, -0.2) is 16.1 Å². The molecule has 24 heavy (non-hydrogen) atoms. The number of rotatable bonds is 6. The molecule has 0 spiro atoms. The zero-order valence-corrected chi connectivity index (χ0v) is 13.5. The largest absolute Gasteiger partial charge is 0.467 e. The van der Waals surface area contributed by atoms with Crippen molar-refractivity contribution < 1.29 is 9.21 Å². The topological polar surface area (TPSA) is 80.0 Å². The molecular weight excluding hydrogens is 328 g/mol. The third kappa shape index (κ3) is 4.57. The molecule has 0 bridgehead atoms. The van der Waals surface area contributed by atoms with Crippen LogP contribution >= 0.6 is 11.6 Å². The maximum Gasteiger partial charge on any atom is 0.229 e. The van der Waals surface area contributed by atoms with Gasteiger partial charge in [0.05, 0.1) is 19.2 Å². The molecule has 1 aromatic carbocycles. The lowest BCUT2D eigenvalue weighted by Crippen LogP contribution is -2.15. The van der Waals surface area contributed by atoms with E-state index in [4.69, 9.17) is 16.0 Å². The first kappa shape index (κ1) is 16.0. The van der Waals surface area contributed by atoms with E-state index in [0.717, 1.165) is 11.3 Å². The van der Waals surface area contributed by atoms with Crippen molar-refractivity contribution in [3.63, 3.8) is 0 Å². The van der Waals surface area contributed by atoms with E-state index in [9.17, 15) is 4.79 Å². The third-order valence-electron chi connectivity index (χ3n) is 3.23. The maximum absolute atomic E-state index is 12.0. The van der Waals surface area contributed by atoms with Gasteiger partial charge in [-0.2, -0.15) is 0 Å². The number of halogens is 1. The summed E-state index contributed by atoms with van der Waals surface area (Å²) in [5.41, 5.74) is 0.876. The van der Waals surface area contributed by atoms with E-state index in [2.05, 4.69) is 20.8 Å². The van der Waals surface area contributed by atoms with E-state index in [1.54, 1.807) is 30.5 Å². The standard InChI is InChI=1S/C17H15ClN4O2/c18-13-5-3-12(4-6-13)10-17(23)20-16-8-7-15(21-22-16)19-11-14-2-1-9-24-14/h1-9H,10-11H2,(H,19,21)(H,20,22,23). The second-order valence-electron chi connectivity index (χ2n) is 5.09. The van der Waals surface area contributed by atoms with Crippen molar-refractivity contribution in [3.05, 3.63) is 71.1 Å². The minimum Gasteiger partial charge on any atom is -0.467 e. The van der Waals surface area contributed by atoms with Gasteiger partial charge in [0.2, 0.25) is 5.91 Å². The van der Waals surface area contributed by atoms with Crippen molar-refractivity contribution in [1.82, 2.24) is 10.2 Å². The Hall–Kier alpha value is -2.86. The van der Waals surface area contributed by atoms with Gasteiger partial charge in [0.25, 0.3) is 0 Å². The fraction of sp³-hybridized carbons (Fsp3) is 0.118. The summed E-state index contributed by atoms with van der Waals surface area (Å²) >= 11 is 5.82. The van der Waals surface area contributed by atoms with Gasteiger partial charge in [-0.3, -0.25) is 4.79 Å². The van der Waals surface area contributed by atoms with Crippen molar-refractivity contribution >= 4 is 29.1 Å². The minimum atomic E-state index is -0.164. The number of furan rings is 1. The quantitative estimate of drug-likeness (QED) is 0.716. The summed E-state index contributed by atoms with van der Waals surface area (Å²) < 4.78 is 5.22. The van der Waals surface area contributed by atoms with Crippen molar-refractivity contribution in [1.29, 1.82) is 0 Å². The predicted octanol–water partition coefficient (Wildman–Crippen LogP) is 3.52. The van der Waals surface area contributed by atoms with E-state index in [1.807, 2.05) is 24.3 Å². The Kier molecular flexibility index (Phi) is 5.08. The average molecular weight is 343 g/mol. The molecule has 0 saturated carbocycles. The Labute approximate surface area is 143 Å². The van der Waals surface area contributed by atoms with Crippen LogP contribution in [0.15, 0.2) is 59.2 Å². The Morgan fingerprint density at radius 3 is 2.46 bits per heavy atom. The number of anilines is 2. The zero-order chi connectivity index (χ0) is 16.8. The van der Waals surface area contributed by atoms with Crippen molar-refractivity contribution in [2.24, 2.45) is 0 Å². The number of hydrogen-bond donors (Lipinski definition) is 2. The van der Waals surface area contributed by atoms with E-state index in [-0.39, 0.29) is 12.3 Å². The molecule has 0 aliphatic heterocycles. The van der Waals surface area contributed by atoms with Gasteiger partial charge < -0.3 is 15.1 Å². The van der Waals surface area contributed by atoms with Crippen LogP contribution in [-0.2, 0) is 17.8 Å². The van der Waals surface area contributed by atoms with Crippen LogP contribution in [0.25, 0.3) is 0 Å². The average Bonchev–Trinajstić information content (AvgIpc) is 3.10. The van der Waals surface area contributed by atoms with Gasteiger partial charge in [-0.05, 0) is 42.0 Å². The molecule has 6 nitrogen and oxygen atoms in total. The lowest BCUT2D eigenvalue weighted by molar-refractivity contribution is -0.115. The lowest BCUT2D eigenvalue weighted by atomic mass is 10.1. The van der Waals surface area contributed by atoms with Gasteiger partial charge in [-0.25, -0.2) is 0 Å². The molecule has 3 rings (SSSR count). The second-order valence-corrected chi connectivity index (χ2v) is 5.52. The highest BCUT2D eigenvalue weighted by Crippen LogP contribution is 2.12. The summed E-state index contributed by atoms with van der Waals surface area (Å²) in [5.74, 6) is 1.64. The normalized spacial score (nSPS) is 10.4. The van der Waals surface area contributed by atoms with Crippen LogP contribution in [0.2, 0.25) is 5.02 Å².